The highest BCUT2D eigenvalue weighted by Gasteiger charge is 2.30. The summed E-state index contributed by atoms with van der Waals surface area (Å²) in [7, 11) is 0. The van der Waals surface area contributed by atoms with Crippen LogP contribution in [0, 0.1) is 12.7 Å². The van der Waals surface area contributed by atoms with Gasteiger partial charge >= 0.3 is 6.18 Å². The zero-order chi connectivity index (χ0) is 14.0. The lowest BCUT2D eigenvalue weighted by molar-refractivity contribution is -0.137. The molecule has 2 rings (SSSR count). The Morgan fingerprint density at radius 3 is 2.11 bits per heavy atom. The first-order valence-electron chi connectivity index (χ1n) is 5.47. The molecule has 0 fully saturated rings. The first-order valence-corrected chi connectivity index (χ1v) is 5.47. The molecule has 0 bridgehead atoms. The molecule has 19 heavy (non-hydrogen) atoms. The van der Waals surface area contributed by atoms with Gasteiger partial charge in [-0.05, 0) is 48.9 Å². The van der Waals surface area contributed by atoms with Gasteiger partial charge in [0.1, 0.15) is 5.75 Å². The van der Waals surface area contributed by atoms with Crippen molar-refractivity contribution in [3.05, 3.63) is 59.4 Å². The normalized spacial score (nSPS) is 11.4. The fraction of sp³-hybridized carbons (Fsp3) is 0.143. The fourth-order valence-electron chi connectivity index (χ4n) is 1.53. The third-order valence-corrected chi connectivity index (χ3v) is 2.50. The molecule has 0 saturated carbocycles. The Morgan fingerprint density at radius 1 is 0.947 bits per heavy atom. The molecule has 0 aliphatic rings. The molecule has 1 nitrogen and oxygen atoms in total. The summed E-state index contributed by atoms with van der Waals surface area (Å²) in [6, 6.07) is 8.47. The molecule has 0 saturated heterocycles. The van der Waals surface area contributed by atoms with Gasteiger partial charge in [-0.25, -0.2) is 4.39 Å². The predicted molar refractivity (Wildman–Crippen MR) is 62.7 cm³/mol. The van der Waals surface area contributed by atoms with Crippen LogP contribution in [0.3, 0.4) is 0 Å². The van der Waals surface area contributed by atoms with Crippen LogP contribution in [-0.4, -0.2) is 0 Å². The summed E-state index contributed by atoms with van der Waals surface area (Å²) in [5, 5.41) is 0. The van der Waals surface area contributed by atoms with E-state index in [0.717, 1.165) is 29.8 Å². The SMILES string of the molecule is Cc1ccc(Oc2ccc(C(F)(F)F)cc2)c(F)c1. The zero-order valence-electron chi connectivity index (χ0n) is 9.96. The van der Waals surface area contributed by atoms with Crippen LogP contribution < -0.4 is 4.74 Å². The number of aryl methyl sites for hydroxylation is 1. The highest BCUT2D eigenvalue weighted by molar-refractivity contribution is 5.35. The van der Waals surface area contributed by atoms with Gasteiger partial charge in [0, 0.05) is 0 Å². The van der Waals surface area contributed by atoms with Crippen molar-refractivity contribution in [3.8, 4) is 11.5 Å². The number of halogens is 4. The van der Waals surface area contributed by atoms with Crippen LogP contribution in [-0.2, 0) is 6.18 Å². The second-order valence-corrected chi connectivity index (χ2v) is 4.06. The minimum atomic E-state index is -4.40. The van der Waals surface area contributed by atoms with Crippen LogP contribution in [0.15, 0.2) is 42.5 Å². The van der Waals surface area contributed by atoms with E-state index in [1.54, 1.807) is 13.0 Å². The quantitative estimate of drug-likeness (QED) is 0.702. The molecule has 0 spiro atoms. The number of hydrogen-bond acceptors (Lipinski definition) is 1. The second-order valence-electron chi connectivity index (χ2n) is 4.06. The Kier molecular flexibility index (Phi) is 3.46. The predicted octanol–water partition coefficient (Wildman–Crippen LogP) is 4.95. The molecule has 0 unspecified atom stereocenters. The van der Waals surface area contributed by atoms with Crippen molar-refractivity contribution in [3.63, 3.8) is 0 Å². The highest BCUT2D eigenvalue weighted by atomic mass is 19.4. The largest absolute Gasteiger partial charge is 0.454 e. The molecule has 0 N–H and O–H groups in total. The Hall–Kier alpha value is -2.04. The van der Waals surface area contributed by atoms with Crippen LogP contribution >= 0.6 is 0 Å². The average Bonchev–Trinajstić information content (AvgIpc) is 2.32. The van der Waals surface area contributed by atoms with Gasteiger partial charge in [0.2, 0.25) is 0 Å². The highest BCUT2D eigenvalue weighted by Crippen LogP contribution is 2.31. The van der Waals surface area contributed by atoms with E-state index in [-0.39, 0.29) is 11.5 Å². The van der Waals surface area contributed by atoms with Crippen molar-refractivity contribution >= 4 is 0 Å². The topological polar surface area (TPSA) is 9.23 Å². The zero-order valence-corrected chi connectivity index (χ0v) is 9.96. The van der Waals surface area contributed by atoms with Crippen LogP contribution in [0.1, 0.15) is 11.1 Å². The van der Waals surface area contributed by atoms with E-state index in [2.05, 4.69) is 0 Å². The van der Waals surface area contributed by atoms with E-state index < -0.39 is 17.6 Å². The Balaban J connectivity index is 2.20. The summed E-state index contributed by atoms with van der Waals surface area (Å²) < 4.78 is 55.8. The second kappa shape index (κ2) is 4.91. The van der Waals surface area contributed by atoms with Crippen LogP contribution in [0.5, 0.6) is 11.5 Å². The summed E-state index contributed by atoms with van der Waals surface area (Å²) in [5.74, 6) is -0.430. The first kappa shape index (κ1) is 13.4. The fourth-order valence-corrected chi connectivity index (χ4v) is 1.53. The summed E-state index contributed by atoms with van der Waals surface area (Å²) in [5.41, 5.74) is -0.0403. The lowest BCUT2D eigenvalue weighted by Crippen LogP contribution is -2.04. The Labute approximate surface area is 107 Å². The van der Waals surface area contributed by atoms with Gasteiger partial charge in [0.15, 0.2) is 11.6 Å². The molecule has 100 valence electrons. The minimum Gasteiger partial charge on any atom is -0.454 e. The number of benzene rings is 2. The van der Waals surface area contributed by atoms with Gasteiger partial charge in [-0.15, -0.1) is 0 Å². The van der Waals surface area contributed by atoms with Gasteiger partial charge in [-0.1, -0.05) is 6.07 Å². The number of rotatable bonds is 2. The summed E-state index contributed by atoms with van der Waals surface area (Å²) in [6.07, 6.45) is -4.40. The lowest BCUT2D eigenvalue weighted by Gasteiger charge is -2.09. The van der Waals surface area contributed by atoms with Crippen molar-refractivity contribution in [2.45, 2.75) is 13.1 Å². The van der Waals surface area contributed by atoms with Crippen LogP contribution in [0.4, 0.5) is 17.6 Å². The van der Waals surface area contributed by atoms with E-state index in [1.165, 1.54) is 12.1 Å². The van der Waals surface area contributed by atoms with E-state index >= 15 is 0 Å². The van der Waals surface area contributed by atoms with Gasteiger partial charge in [-0.3, -0.25) is 0 Å². The van der Waals surface area contributed by atoms with Crippen molar-refractivity contribution in [1.29, 1.82) is 0 Å². The molecular weight excluding hydrogens is 260 g/mol. The van der Waals surface area contributed by atoms with Crippen molar-refractivity contribution < 1.29 is 22.3 Å². The van der Waals surface area contributed by atoms with Gasteiger partial charge in [0.05, 0.1) is 5.56 Å². The van der Waals surface area contributed by atoms with Crippen molar-refractivity contribution in [1.82, 2.24) is 0 Å². The molecule has 0 aromatic heterocycles. The monoisotopic (exact) mass is 270 g/mol. The summed E-state index contributed by atoms with van der Waals surface area (Å²) in [6.45, 7) is 1.73. The third-order valence-electron chi connectivity index (χ3n) is 2.50. The molecule has 0 atom stereocenters. The van der Waals surface area contributed by atoms with Gasteiger partial charge in [-0.2, -0.15) is 13.2 Å². The Bertz CT molecular complexity index is 573. The van der Waals surface area contributed by atoms with Crippen molar-refractivity contribution in [2.75, 3.05) is 0 Å². The molecule has 0 heterocycles. The lowest BCUT2D eigenvalue weighted by atomic mass is 10.2. The van der Waals surface area contributed by atoms with E-state index in [9.17, 15) is 17.6 Å². The molecule has 0 radical (unpaired) electrons. The number of hydrogen-bond donors (Lipinski definition) is 0. The molecule has 2 aromatic rings. The molecule has 2 aromatic carbocycles. The maximum atomic E-state index is 13.5. The standard InChI is InChI=1S/C14H10F4O/c1-9-2-7-13(12(15)8-9)19-11-5-3-10(4-6-11)14(16,17)18/h2-8H,1H3. The third kappa shape index (κ3) is 3.24. The molecule has 0 aliphatic heterocycles. The van der Waals surface area contributed by atoms with Gasteiger partial charge in [0.25, 0.3) is 0 Å². The van der Waals surface area contributed by atoms with Gasteiger partial charge < -0.3 is 4.74 Å². The number of ether oxygens (including phenoxy) is 1. The Morgan fingerprint density at radius 2 is 1.58 bits per heavy atom. The van der Waals surface area contributed by atoms with Crippen LogP contribution in [0.25, 0.3) is 0 Å². The molecular formula is C14H10F4O. The molecule has 0 aliphatic carbocycles. The van der Waals surface area contributed by atoms with E-state index in [1.807, 2.05) is 0 Å². The first-order chi connectivity index (χ1) is 8.86. The van der Waals surface area contributed by atoms with E-state index in [4.69, 9.17) is 4.74 Å². The van der Waals surface area contributed by atoms with Crippen molar-refractivity contribution in [2.24, 2.45) is 0 Å². The van der Waals surface area contributed by atoms with E-state index in [0.29, 0.717) is 0 Å². The molecule has 0 amide bonds. The number of alkyl halides is 3. The van der Waals surface area contributed by atoms with Crippen LogP contribution in [0.2, 0.25) is 0 Å². The maximum Gasteiger partial charge on any atom is 0.416 e. The summed E-state index contributed by atoms with van der Waals surface area (Å²) in [4.78, 5) is 0. The average molecular weight is 270 g/mol. The molecule has 5 heteroatoms. The smallest absolute Gasteiger partial charge is 0.416 e. The summed E-state index contributed by atoms with van der Waals surface area (Å²) >= 11 is 0. The minimum absolute atomic E-state index is 0.0228. The maximum absolute atomic E-state index is 13.5.